The van der Waals surface area contributed by atoms with Crippen molar-refractivity contribution in [3.8, 4) is 0 Å². The van der Waals surface area contributed by atoms with Gasteiger partial charge in [0.25, 0.3) is 0 Å². The number of benzene rings is 2. The lowest BCUT2D eigenvalue weighted by atomic mass is 9.73. The van der Waals surface area contributed by atoms with Gasteiger partial charge in [-0.25, -0.2) is 0 Å². The Morgan fingerprint density at radius 2 is 2.00 bits per heavy atom. The third-order valence-electron chi connectivity index (χ3n) is 7.43. The fourth-order valence-electron chi connectivity index (χ4n) is 5.65. The van der Waals surface area contributed by atoms with Crippen LogP contribution in [0.1, 0.15) is 65.3 Å². The number of nitrogens with two attached hydrogens (primary N) is 1. The van der Waals surface area contributed by atoms with E-state index in [1.54, 1.807) is 0 Å². The van der Waals surface area contributed by atoms with Crippen LogP contribution in [0.2, 0.25) is 0 Å². The summed E-state index contributed by atoms with van der Waals surface area (Å²) in [5, 5.41) is 9.59. The molecule has 0 bridgehead atoms. The van der Waals surface area contributed by atoms with Gasteiger partial charge in [-0.1, -0.05) is 42.5 Å². The van der Waals surface area contributed by atoms with Crippen LogP contribution in [0.15, 0.2) is 42.5 Å². The molecule has 1 fully saturated rings. The normalized spacial score (nSPS) is 27.6. The van der Waals surface area contributed by atoms with Crippen molar-refractivity contribution in [2.24, 2.45) is 11.7 Å². The molecule has 2 aliphatic rings. The van der Waals surface area contributed by atoms with Gasteiger partial charge in [0, 0.05) is 18.6 Å². The summed E-state index contributed by atoms with van der Waals surface area (Å²) < 4.78 is 5.64. The molecule has 4 atom stereocenters. The molecule has 2 aliphatic carbocycles. The Morgan fingerprint density at radius 1 is 1.17 bits per heavy atom. The first kappa shape index (κ1) is 20.6. The standard InChI is InChI=1S/C26H35NO2/c1-18-5-3-4-6-24(18)25(16-29-2)22-10-9-19-13-21(8-7-20(19)14-22)23-11-12-26(27,15-23)17-28/h3-8,13,22-23,25,28H,9-12,14-17,27H2,1-2H3/t22?,23-,25?,26-/m1/s1. The second-order valence-electron chi connectivity index (χ2n) is 9.41. The first-order valence-electron chi connectivity index (χ1n) is 11.1. The summed E-state index contributed by atoms with van der Waals surface area (Å²) in [7, 11) is 1.82. The van der Waals surface area contributed by atoms with Crippen LogP contribution in [-0.2, 0) is 17.6 Å². The third kappa shape index (κ3) is 4.28. The Hall–Kier alpha value is -1.68. The zero-order chi connectivity index (χ0) is 20.4. The fourth-order valence-corrected chi connectivity index (χ4v) is 5.65. The van der Waals surface area contributed by atoms with Crippen LogP contribution in [0.3, 0.4) is 0 Å². The number of hydrogen-bond donors (Lipinski definition) is 2. The van der Waals surface area contributed by atoms with Crippen molar-refractivity contribution in [3.63, 3.8) is 0 Å². The average molecular weight is 394 g/mol. The highest BCUT2D eigenvalue weighted by atomic mass is 16.5. The predicted molar refractivity (Wildman–Crippen MR) is 118 cm³/mol. The van der Waals surface area contributed by atoms with E-state index in [4.69, 9.17) is 10.5 Å². The van der Waals surface area contributed by atoms with E-state index in [0.717, 1.165) is 38.7 Å². The number of aliphatic hydroxyl groups is 1. The van der Waals surface area contributed by atoms with E-state index in [1.165, 1.54) is 34.2 Å². The maximum Gasteiger partial charge on any atom is 0.0611 e. The van der Waals surface area contributed by atoms with Gasteiger partial charge in [0.2, 0.25) is 0 Å². The van der Waals surface area contributed by atoms with Crippen LogP contribution < -0.4 is 5.73 Å². The largest absolute Gasteiger partial charge is 0.394 e. The van der Waals surface area contributed by atoms with Gasteiger partial charge in [-0.2, -0.15) is 0 Å². The van der Waals surface area contributed by atoms with Crippen molar-refractivity contribution in [2.45, 2.75) is 62.8 Å². The average Bonchev–Trinajstić information content (AvgIpc) is 3.15. The van der Waals surface area contributed by atoms with Crippen LogP contribution in [0.4, 0.5) is 0 Å². The summed E-state index contributed by atoms with van der Waals surface area (Å²) in [6.07, 6.45) is 6.37. The van der Waals surface area contributed by atoms with Gasteiger partial charge in [-0.05, 0) is 85.1 Å². The van der Waals surface area contributed by atoms with Crippen LogP contribution in [0.25, 0.3) is 0 Å². The lowest BCUT2D eigenvalue weighted by molar-refractivity contribution is 0.150. The van der Waals surface area contributed by atoms with Crippen LogP contribution in [0.5, 0.6) is 0 Å². The number of hydrogen-bond acceptors (Lipinski definition) is 3. The molecule has 29 heavy (non-hydrogen) atoms. The molecule has 0 aliphatic heterocycles. The van der Waals surface area contributed by atoms with Crippen molar-refractivity contribution in [2.75, 3.05) is 20.3 Å². The van der Waals surface area contributed by atoms with E-state index in [2.05, 4.69) is 49.4 Å². The van der Waals surface area contributed by atoms with E-state index in [1.807, 2.05) is 7.11 Å². The second-order valence-corrected chi connectivity index (χ2v) is 9.41. The third-order valence-corrected chi connectivity index (χ3v) is 7.43. The lowest BCUT2D eigenvalue weighted by Gasteiger charge is -2.33. The molecule has 0 aromatic heterocycles. The number of aryl methyl sites for hydroxylation is 2. The summed E-state index contributed by atoms with van der Waals surface area (Å²) in [6, 6.07) is 15.9. The molecule has 0 saturated heterocycles. The number of ether oxygens (including phenoxy) is 1. The molecule has 1 saturated carbocycles. The summed E-state index contributed by atoms with van der Waals surface area (Å²) in [6.45, 7) is 3.09. The Morgan fingerprint density at radius 3 is 2.72 bits per heavy atom. The van der Waals surface area contributed by atoms with E-state index in [0.29, 0.717) is 17.8 Å². The summed E-state index contributed by atoms with van der Waals surface area (Å²) in [5.41, 5.74) is 13.2. The van der Waals surface area contributed by atoms with E-state index >= 15 is 0 Å². The van der Waals surface area contributed by atoms with Crippen LogP contribution in [0, 0.1) is 12.8 Å². The van der Waals surface area contributed by atoms with Gasteiger partial charge in [0.05, 0.1) is 13.2 Å². The summed E-state index contributed by atoms with van der Waals surface area (Å²) in [4.78, 5) is 0. The summed E-state index contributed by atoms with van der Waals surface area (Å²) >= 11 is 0. The smallest absolute Gasteiger partial charge is 0.0611 e. The highest BCUT2D eigenvalue weighted by Crippen LogP contribution is 2.42. The van der Waals surface area contributed by atoms with Gasteiger partial charge in [-0.3, -0.25) is 0 Å². The molecule has 0 heterocycles. The van der Waals surface area contributed by atoms with E-state index in [-0.39, 0.29) is 12.1 Å². The zero-order valence-corrected chi connectivity index (χ0v) is 17.9. The van der Waals surface area contributed by atoms with E-state index in [9.17, 15) is 5.11 Å². The van der Waals surface area contributed by atoms with Crippen LogP contribution >= 0.6 is 0 Å². The highest BCUT2D eigenvalue weighted by molar-refractivity contribution is 5.38. The van der Waals surface area contributed by atoms with Crippen LogP contribution in [-0.4, -0.2) is 31.0 Å². The predicted octanol–water partition coefficient (Wildman–Crippen LogP) is 4.49. The maximum atomic E-state index is 9.59. The molecule has 2 aromatic rings. The Bertz CT molecular complexity index is 848. The minimum atomic E-state index is -0.382. The molecule has 0 spiro atoms. The highest BCUT2D eigenvalue weighted by Gasteiger charge is 2.36. The molecular formula is C26H35NO2. The molecule has 3 nitrogen and oxygen atoms in total. The first-order valence-corrected chi connectivity index (χ1v) is 11.1. The van der Waals surface area contributed by atoms with Crippen molar-refractivity contribution in [3.05, 3.63) is 70.3 Å². The molecule has 2 unspecified atom stereocenters. The molecular weight excluding hydrogens is 358 g/mol. The minimum absolute atomic E-state index is 0.0932. The number of fused-ring (bicyclic) bond motifs is 1. The number of rotatable bonds is 6. The quantitative estimate of drug-likeness (QED) is 0.760. The number of methoxy groups -OCH3 is 1. The van der Waals surface area contributed by atoms with Gasteiger partial charge in [0.1, 0.15) is 0 Å². The van der Waals surface area contributed by atoms with Gasteiger partial charge >= 0.3 is 0 Å². The molecule has 4 rings (SSSR count). The Balaban J connectivity index is 1.52. The van der Waals surface area contributed by atoms with Gasteiger partial charge in [-0.15, -0.1) is 0 Å². The van der Waals surface area contributed by atoms with Crippen molar-refractivity contribution >= 4 is 0 Å². The van der Waals surface area contributed by atoms with Crippen molar-refractivity contribution in [1.82, 2.24) is 0 Å². The maximum absolute atomic E-state index is 9.59. The molecule has 156 valence electrons. The van der Waals surface area contributed by atoms with Crippen molar-refractivity contribution in [1.29, 1.82) is 0 Å². The topological polar surface area (TPSA) is 55.5 Å². The van der Waals surface area contributed by atoms with Gasteiger partial charge in [0.15, 0.2) is 0 Å². The monoisotopic (exact) mass is 393 g/mol. The number of aliphatic hydroxyl groups excluding tert-OH is 1. The summed E-state index contributed by atoms with van der Waals surface area (Å²) in [5.74, 6) is 1.56. The second kappa shape index (κ2) is 8.59. The molecule has 2 aromatic carbocycles. The molecule has 3 heteroatoms. The van der Waals surface area contributed by atoms with Gasteiger partial charge < -0.3 is 15.6 Å². The Kier molecular flexibility index (Phi) is 6.10. The first-order chi connectivity index (χ1) is 14.0. The molecule has 0 amide bonds. The zero-order valence-electron chi connectivity index (χ0n) is 17.9. The minimum Gasteiger partial charge on any atom is -0.394 e. The molecule has 3 N–H and O–H groups in total. The van der Waals surface area contributed by atoms with E-state index < -0.39 is 0 Å². The molecule has 0 radical (unpaired) electrons. The van der Waals surface area contributed by atoms with Crippen molar-refractivity contribution < 1.29 is 9.84 Å². The SMILES string of the molecule is COCC(c1ccccc1C)C1CCc2cc([C@@H]3CC[C@](N)(CO)C3)ccc2C1. The fraction of sp³-hybridized carbons (Fsp3) is 0.538. The Labute approximate surface area is 175 Å². The lowest BCUT2D eigenvalue weighted by Crippen LogP contribution is -2.40.